The topological polar surface area (TPSA) is 40.8 Å². The number of hydrogen-bond donors (Lipinski definition) is 2. The van der Waals surface area contributed by atoms with Gasteiger partial charge in [-0.2, -0.15) is 0 Å². The molecule has 0 fully saturated rings. The highest BCUT2D eigenvalue weighted by Crippen LogP contribution is 2.37. The molecule has 0 radical (unpaired) electrons. The Labute approximate surface area is 135 Å². The summed E-state index contributed by atoms with van der Waals surface area (Å²) in [5.74, 6) is 1.25. The molecule has 0 aliphatic rings. The number of methoxy groups -OCH3 is 1. The van der Waals surface area contributed by atoms with E-state index in [2.05, 4.69) is 65.7 Å². The van der Waals surface area contributed by atoms with Crippen LogP contribution in [0.2, 0.25) is 0 Å². The van der Waals surface area contributed by atoms with Crippen LogP contribution in [0.15, 0.2) is 54.9 Å². The lowest BCUT2D eigenvalue weighted by atomic mass is 9.88. The van der Waals surface area contributed by atoms with Gasteiger partial charge in [0.05, 0.1) is 7.11 Å². The van der Waals surface area contributed by atoms with Crippen LogP contribution in [0.5, 0.6) is 5.75 Å². The van der Waals surface area contributed by atoms with Crippen molar-refractivity contribution in [1.29, 1.82) is 0 Å². The van der Waals surface area contributed by atoms with E-state index >= 15 is 0 Å². The predicted molar refractivity (Wildman–Crippen MR) is 95.3 cm³/mol. The van der Waals surface area contributed by atoms with E-state index in [0.717, 1.165) is 17.7 Å². The maximum Gasteiger partial charge on any atom is 0.119 e. The van der Waals surface area contributed by atoms with E-state index in [-0.39, 0.29) is 0 Å². The number of hydrogen-bond acceptors (Lipinski definition) is 1. The summed E-state index contributed by atoms with van der Waals surface area (Å²) < 4.78 is 5.40. The molecular formula is C20H20N2O. The Bertz CT molecular complexity index is 964. The highest BCUT2D eigenvalue weighted by Gasteiger charge is 2.19. The lowest BCUT2D eigenvalue weighted by molar-refractivity contribution is 0.415. The molecule has 0 saturated heterocycles. The van der Waals surface area contributed by atoms with E-state index in [4.69, 9.17) is 4.74 Å². The number of ether oxygens (including phenoxy) is 1. The average molecular weight is 304 g/mol. The molecule has 0 saturated carbocycles. The van der Waals surface area contributed by atoms with Gasteiger partial charge in [0.1, 0.15) is 5.75 Å². The van der Waals surface area contributed by atoms with E-state index in [1.54, 1.807) is 7.11 Å². The molecule has 116 valence electrons. The van der Waals surface area contributed by atoms with E-state index in [1.807, 2.05) is 6.07 Å². The highest BCUT2D eigenvalue weighted by atomic mass is 16.5. The Kier molecular flexibility index (Phi) is 3.34. The molecule has 3 nitrogen and oxygen atoms in total. The number of nitrogens with one attached hydrogen (secondary N) is 2. The first-order chi connectivity index (χ1) is 11.3. The zero-order chi connectivity index (χ0) is 15.8. The molecule has 0 aliphatic heterocycles. The molecule has 0 amide bonds. The second kappa shape index (κ2) is 5.51. The van der Waals surface area contributed by atoms with Gasteiger partial charge < -0.3 is 14.7 Å². The van der Waals surface area contributed by atoms with Crippen LogP contribution >= 0.6 is 0 Å². The molecule has 0 aliphatic carbocycles. The standard InChI is InChI=1S/C20H20N2O/c1-3-14(17-11-21-19-7-5-4-6-15(17)19)18-12-22-20-9-8-13(23-2)10-16(18)20/h4-12,14,21-22H,3H2,1-2H3. The lowest BCUT2D eigenvalue weighted by Crippen LogP contribution is -1.98. The van der Waals surface area contributed by atoms with Crippen molar-refractivity contribution in [3.8, 4) is 5.75 Å². The molecule has 2 aromatic heterocycles. The predicted octanol–water partition coefficient (Wildman–Crippen LogP) is 5.20. The first-order valence-corrected chi connectivity index (χ1v) is 8.03. The summed E-state index contributed by atoms with van der Waals surface area (Å²) in [6, 6.07) is 14.7. The Morgan fingerprint density at radius 2 is 1.61 bits per heavy atom. The van der Waals surface area contributed by atoms with Crippen molar-refractivity contribution >= 4 is 21.8 Å². The van der Waals surface area contributed by atoms with Gasteiger partial charge in [0.15, 0.2) is 0 Å². The largest absolute Gasteiger partial charge is 0.497 e. The van der Waals surface area contributed by atoms with Gasteiger partial charge in [-0.25, -0.2) is 0 Å². The highest BCUT2D eigenvalue weighted by molar-refractivity contribution is 5.88. The Hall–Kier alpha value is -2.68. The third kappa shape index (κ3) is 2.20. The number of aromatic amines is 2. The van der Waals surface area contributed by atoms with Crippen LogP contribution in [0.4, 0.5) is 0 Å². The van der Waals surface area contributed by atoms with Crippen LogP contribution < -0.4 is 4.74 Å². The zero-order valence-electron chi connectivity index (χ0n) is 13.4. The summed E-state index contributed by atoms with van der Waals surface area (Å²) in [4.78, 5) is 6.80. The number of aromatic nitrogens is 2. The molecule has 23 heavy (non-hydrogen) atoms. The monoisotopic (exact) mass is 304 g/mol. The van der Waals surface area contributed by atoms with Crippen molar-refractivity contribution in [3.63, 3.8) is 0 Å². The maximum absolute atomic E-state index is 5.40. The number of rotatable bonds is 4. The zero-order valence-corrected chi connectivity index (χ0v) is 13.4. The molecule has 0 spiro atoms. The van der Waals surface area contributed by atoms with Crippen molar-refractivity contribution in [1.82, 2.24) is 9.97 Å². The van der Waals surface area contributed by atoms with Crippen molar-refractivity contribution in [2.75, 3.05) is 7.11 Å². The van der Waals surface area contributed by atoms with Gasteiger partial charge in [-0.15, -0.1) is 0 Å². The second-order valence-corrected chi connectivity index (χ2v) is 5.91. The minimum Gasteiger partial charge on any atom is -0.497 e. The molecular weight excluding hydrogens is 284 g/mol. The lowest BCUT2D eigenvalue weighted by Gasteiger charge is -2.14. The van der Waals surface area contributed by atoms with Crippen LogP contribution in [-0.2, 0) is 0 Å². The number of fused-ring (bicyclic) bond motifs is 2. The van der Waals surface area contributed by atoms with E-state index < -0.39 is 0 Å². The SMILES string of the molecule is CCC(c1c[nH]c2ccccc12)c1c[nH]c2ccc(OC)cc12. The van der Waals surface area contributed by atoms with Gasteiger partial charge in [0, 0.05) is 40.1 Å². The van der Waals surface area contributed by atoms with Crippen LogP contribution in [-0.4, -0.2) is 17.1 Å². The molecule has 4 aromatic rings. The maximum atomic E-state index is 5.40. The molecule has 2 N–H and O–H groups in total. The summed E-state index contributed by atoms with van der Waals surface area (Å²) in [5.41, 5.74) is 5.02. The minimum absolute atomic E-state index is 0.354. The summed E-state index contributed by atoms with van der Waals surface area (Å²) in [7, 11) is 1.71. The van der Waals surface area contributed by atoms with Gasteiger partial charge in [0.25, 0.3) is 0 Å². The van der Waals surface area contributed by atoms with Gasteiger partial charge in [-0.1, -0.05) is 25.1 Å². The van der Waals surface area contributed by atoms with Crippen molar-refractivity contribution in [2.45, 2.75) is 19.3 Å². The third-order valence-corrected chi connectivity index (χ3v) is 4.70. The van der Waals surface area contributed by atoms with Crippen molar-refractivity contribution < 1.29 is 4.74 Å². The van der Waals surface area contributed by atoms with E-state index in [1.165, 1.54) is 27.4 Å². The molecule has 2 aromatic carbocycles. The Morgan fingerprint density at radius 1 is 0.913 bits per heavy atom. The fraction of sp³-hybridized carbons (Fsp3) is 0.200. The molecule has 3 heteroatoms. The summed E-state index contributed by atoms with van der Waals surface area (Å²) in [5, 5.41) is 2.54. The van der Waals surface area contributed by atoms with Gasteiger partial charge in [-0.3, -0.25) is 0 Å². The van der Waals surface area contributed by atoms with Gasteiger partial charge in [0.2, 0.25) is 0 Å². The van der Waals surface area contributed by atoms with Crippen molar-refractivity contribution in [2.24, 2.45) is 0 Å². The minimum atomic E-state index is 0.354. The first kappa shape index (κ1) is 13.9. The fourth-order valence-corrected chi connectivity index (χ4v) is 3.53. The summed E-state index contributed by atoms with van der Waals surface area (Å²) in [6.07, 6.45) is 5.34. The second-order valence-electron chi connectivity index (χ2n) is 5.91. The van der Waals surface area contributed by atoms with Crippen LogP contribution in [0.25, 0.3) is 21.8 Å². The first-order valence-electron chi connectivity index (χ1n) is 8.03. The average Bonchev–Trinajstić information content (AvgIpc) is 3.20. The quantitative estimate of drug-likeness (QED) is 0.534. The molecule has 0 bridgehead atoms. The van der Waals surface area contributed by atoms with Crippen molar-refractivity contribution in [3.05, 3.63) is 66.0 Å². The Morgan fingerprint density at radius 3 is 2.35 bits per heavy atom. The smallest absolute Gasteiger partial charge is 0.119 e. The number of H-pyrrole nitrogens is 2. The van der Waals surface area contributed by atoms with Crippen LogP contribution in [0.3, 0.4) is 0 Å². The molecule has 1 unspecified atom stereocenters. The fourth-order valence-electron chi connectivity index (χ4n) is 3.53. The molecule has 2 heterocycles. The van der Waals surface area contributed by atoms with E-state index in [0.29, 0.717) is 5.92 Å². The molecule has 4 rings (SSSR count). The summed E-state index contributed by atoms with van der Waals surface area (Å²) in [6.45, 7) is 2.24. The number of benzene rings is 2. The summed E-state index contributed by atoms with van der Waals surface area (Å²) >= 11 is 0. The Balaban J connectivity index is 1.90. The van der Waals surface area contributed by atoms with Gasteiger partial charge >= 0.3 is 0 Å². The van der Waals surface area contributed by atoms with E-state index in [9.17, 15) is 0 Å². The normalized spacial score (nSPS) is 12.8. The third-order valence-electron chi connectivity index (χ3n) is 4.70. The number of para-hydroxylation sites is 1. The van der Waals surface area contributed by atoms with Crippen LogP contribution in [0, 0.1) is 0 Å². The van der Waals surface area contributed by atoms with Gasteiger partial charge in [-0.05, 0) is 41.8 Å². The molecule has 1 atom stereocenters. The van der Waals surface area contributed by atoms with Crippen LogP contribution in [0.1, 0.15) is 30.4 Å².